The van der Waals surface area contributed by atoms with E-state index < -0.39 is 0 Å². The second-order valence-corrected chi connectivity index (χ2v) is 7.87. The van der Waals surface area contributed by atoms with Crippen LogP contribution in [-0.2, 0) is 0 Å². The molecule has 6 nitrogen and oxygen atoms in total. The summed E-state index contributed by atoms with van der Waals surface area (Å²) >= 11 is 0. The van der Waals surface area contributed by atoms with Crippen molar-refractivity contribution in [2.45, 2.75) is 6.92 Å². The normalized spacial score (nSPS) is 19.6. The van der Waals surface area contributed by atoms with Crippen LogP contribution in [0, 0.1) is 0 Å². The Morgan fingerprint density at radius 1 is 0.926 bits per heavy atom. The van der Waals surface area contributed by atoms with Crippen LogP contribution in [0.3, 0.4) is 0 Å². The molecule has 0 atom stereocenters. The fraction of sp³-hybridized carbons (Fsp3) is 0.524. The predicted octanol–water partition coefficient (Wildman–Crippen LogP) is 2.08. The number of para-hydroxylation sites is 1. The van der Waals surface area contributed by atoms with Crippen molar-refractivity contribution in [3.05, 3.63) is 36.4 Å². The summed E-state index contributed by atoms with van der Waals surface area (Å²) in [6.45, 7) is 15.3. The standard InChI is InChI=1S/C21H30N6/c1-17(2)16-25-10-14-27(15-11-25)21-22-19-7-5-4-6-18(19)20(23-21)26-12-8-24(3)9-13-26/h4-7H,1,8-16H2,2-3H3. The van der Waals surface area contributed by atoms with Crippen LogP contribution >= 0.6 is 0 Å². The van der Waals surface area contributed by atoms with Crippen LogP contribution < -0.4 is 9.80 Å². The molecule has 2 saturated heterocycles. The van der Waals surface area contributed by atoms with Crippen LogP contribution in [0.5, 0.6) is 0 Å². The lowest BCUT2D eigenvalue weighted by atomic mass is 10.2. The first-order valence-electron chi connectivity index (χ1n) is 9.92. The Morgan fingerprint density at radius 2 is 1.59 bits per heavy atom. The number of piperazine rings is 2. The molecular formula is C21H30N6. The van der Waals surface area contributed by atoms with Crippen molar-refractivity contribution in [1.29, 1.82) is 0 Å². The lowest BCUT2D eigenvalue weighted by Crippen LogP contribution is -2.48. The summed E-state index contributed by atoms with van der Waals surface area (Å²) in [7, 11) is 2.19. The minimum absolute atomic E-state index is 0.873. The summed E-state index contributed by atoms with van der Waals surface area (Å²) in [6.07, 6.45) is 0. The highest BCUT2D eigenvalue weighted by atomic mass is 15.3. The van der Waals surface area contributed by atoms with E-state index in [1.165, 1.54) is 5.57 Å². The molecule has 0 N–H and O–H groups in total. The molecule has 0 radical (unpaired) electrons. The molecule has 2 aliphatic heterocycles. The minimum Gasteiger partial charge on any atom is -0.353 e. The summed E-state index contributed by atoms with van der Waals surface area (Å²) < 4.78 is 0. The van der Waals surface area contributed by atoms with Gasteiger partial charge in [0.05, 0.1) is 5.52 Å². The van der Waals surface area contributed by atoms with Gasteiger partial charge >= 0.3 is 0 Å². The number of anilines is 2. The number of nitrogens with zero attached hydrogens (tertiary/aromatic N) is 6. The first-order chi connectivity index (χ1) is 13.1. The number of likely N-dealkylation sites (N-methyl/N-ethyl adjacent to an activating group) is 1. The Kier molecular flexibility index (Phi) is 5.27. The maximum atomic E-state index is 5.05. The molecule has 0 spiro atoms. The number of hydrogen-bond donors (Lipinski definition) is 0. The second kappa shape index (κ2) is 7.82. The number of fused-ring (bicyclic) bond motifs is 1. The summed E-state index contributed by atoms with van der Waals surface area (Å²) in [5.74, 6) is 1.96. The number of rotatable bonds is 4. The van der Waals surface area contributed by atoms with Gasteiger partial charge in [-0.15, -0.1) is 0 Å². The third kappa shape index (κ3) is 4.06. The minimum atomic E-state index is 0.873. The van der Waals surface area contributed by atoms with E-state index in [1.54, 1.807) is 0 Å². The van der Waals surface area contributed by atoms with Gasteiger partial charge in [-0.3, -0.25) is 4.90 Å². The fourth-order valence-electron chi connectivity index (χ4n) is 3.94. The topological polar surface area (TPSA) is 38.7 Å². The van der Waals surface area contributed by atoms with Gasteiger partial charge in [-0.2, -0.15) is 4.98 Å². The van der Waals surface area contributed by atoms with Gasteiger partial charge in [0.15, 0.2) is 0 Å². The van der Waals surface area contributed by atoms with E-state index in [0.29, 0.717) is 0 Å². The van der Waals surface area contributed by atoms with Gasteiger partial charge in [-0.25, -0.2) is 4.98 Å². The lowest BCUT2D eigenvalue weighted by molar-refractivity contribution is 0.277. The molecule has 2 aliphatic rings. The zero-order valence-electron chi connectivity index (χ0n) is 16.6. The molecule has 0 bridgehead atoms. The Bertz CT molecular complexity index is 803. The zero-order chi connectivity index (χ0) is 18.8. The summed E-state index contributed by atoms with van der Waals surface area (Å²) in [5, 5.41) is 1.16. The Morgan fingerprint density at radius 3 is 2.30 bits per heavy atom. The van der Waals surface area contributed by atoms with Crippen LogP contribution in [0.15, 0.2) is 36.4 Å². The Balaban J connectivity index is 1.59. The van der Waals surface area contributed by atoms with Crippen LogP contribution in [0.4, 0.5) is 11.8 Å². The molecule has 1 aromatic heterocycles. The fourth-order valence-corrected chi connectivity index (χ4v) is 3.94. The molecule has 1 aromatic carbocycles. The average Bonchev–Trinajstić information content (AvgIpc) is 2.68. The van der Waals surface area contributed by atoms with Gasteiger partial charge in [0.25, 0.3) is 0 Å². The smallest absolute Gasteiger partial charge is 0.227 e. The summed E-state index contributed by atoms with van der Waals surface area (Å²) in [6, 6.07) is 8.41. The van der Waals surface area contributed by atoms with E-state index >= 15 is 0 Å². The van der Waals surface area contributed by atoms with E-state index in [2.05, 4.69) is 64.4 Å². The molecule has 0 unspecified atom stereocenters. The molecule has 4 rings (SSSR count). The third-order valence-electron chi connectivity index (χ3n) is 5.52. The number of aromatic nitrogens is 2. The SMILES string of the molecule is C=C(C)CN1CCN(c2nc(N3CCN(C)CC3)c3ccccc3n2)CC1. The second-order valence-electron chi connectivity index (χ2n) is 7.87. The first-order valence-corrected chi connectivity index (χ1v) is 9.92. The van der Waals surface area contributed by atoms with Crippen molar-refractivity contribution >= 4 is 22.7 Å². The molecule has 0 amide bonds. The van der Waals surface area contributed by atoms with E-state index in [9.17, 15) is 0 Å². The van der Waals surface area contributed by atoms with E-state index in [1.807, 2.05) is 0 Å². The highest BCUT2D eigenvalue weighted by molar-refractivity contribution is 5.90. The van der Waals surface area contributed by atoms with Crippen molar-refractivity contribution in [2.75, 3.05) is 75.8 Å². The van der Waals surface area contributed by atoms with E-state index in [4.69, 9.17) is 9.97 Å². The Hall–Kier alpha value is -2.18. The van der Waals surface area contributed by atoms with Crippen LogP contribution in [-0.4, -0.2) is 85.7 Å². The lowest BCUT2D eigenvalue weighted by Gasteiger charge is -2.36. The molecule has 0 aliphatic carbocycles. The van der Waals surface area contributed by atoms with E-state index in [-0.39, 0.29) is 0 Å². The van der Waals surface area contributed by atoms with Gasteiger partial charge in [0, 0.05) is 64.3 Å². The van der Waals surface area contributed by atoms with Crippen molar-refractivity contribution in [2.24, 2.45) is 0 Å². The van der Waals surface area contributed by atoms with Gasteiger partial charge in [0.2, 0.25) is 5.95 Å². The number of benzene rings is 1. The average molecular weight is 367 g/mol. The molecule has 2 aromatic rings. The van der Waals surface area contributed by atoms with E-state index in [0.717, 1.165) is 81.6 Å². The van der Waals surface area contributed by atoms with Crippen molar-refractivity contribution in [3.63, 3.8) is 0 Å². The van der Waals surface area contributed by atoms with Crippen molar-refractivity contribution in [3.8, 4) is 0 Å². The highest BCUT2D eigenvalue weighted by Crippen LogP contribution is 2.27. The molecule has 144 valence electrons. The molecular weight excluding hydrogens is 336 g/mol. The largest absolute Gasteiger partial charge is 0.353 e. The van der Waals surface area contributed by atoms with Crippen LogP contribution in [0.1, 0.15) is 6.92 Å². The van der Waals surface area contributed by atoms with Gasteiger partial charge in [0.1, 0.15) is 5.82 Å². The molecule has 27 heavy (non-hydrogen) atoms. The quantitative estimate of drug-likeness (QED) is 0.772. The maximum Gasteiger partial charge on any atom is 0.227 e. The third-order valence-corrected chi connectivity index (χ3v) is 5.52. The predicted molar refractivity (Wildman–Crippen MR) is 113 cm³/mol. The van der Waals surface area contributed by atoms with Gasteiger partial charge in [-0.1, -0.05) is 24.3 Å². The zero-order valence-corrected chi connectivity index (χ0v) is 16.6. The molecule has 3 heterocycles. The molecule has 2 fully saturated rings. The summed E-state index contributed by atoms with van der Waals surface area (Å²) in [5.41, 5.74) is 2.27. The first kappa shape index (κ1) is 18.2. The Labute approximate surface area is 162 Å². The van der Waals surface area contributed by atoms with Gasteiger partial charge < -0.3 is 14.7 Å². The van der Waals surface area contributed by atoms with Crippen LogP contribution in [0.25, 0.3) is 10.9 Å². The van der Waals surface area contributed by atoms with Crippen molar-refractivity contribution in [1.82, 2.24) is 19.8 Å². The highest BCUT2D eigenvalue weighted by Gasteiger charge is 2.23. The monoisotopic (exact) mass is 366 g/mol. The van der Waals surface area contributed by atoms with Crippen molar-refractivity contribution < 1.29 is 0 Å². The number of hydrogen-bond acceptors (Lipinski definition) is 6. The maximum absolute atomic E-state index is 5.05. The molecule has 0 saturated carbocycles. The molecule has 6 heteroatoms. The summed E-state index contributed by atoms with van der Waals surface area (Å²) in [4.78, 5) is 19.5. The van der Waals surface area contributed by atoms with Gasteiger partial charge in [-0.05, 0) is 26.1 Å². The van der Waals surface area contributed by atoms with Crippen LogP contribution in [0.2, 0.25) is 0 Å².